The van der Waals surface area contributed by atoms with Crippen molar-refractivity contribution < 1.29 is 38.7 Å². The van der Waals surface area contributed by atoms with Crippen LogP contribution in [0.4, 0.5) is 0 Å². The Kier molecular flexibility index (Phi) is 28.5. The van der Waals surface area contributed by atoms with Gasteiger partial charge in [-0.05, 0) is 49.9 Å². The molecule has 0 amide bonds. The third-order valence-corrected chi connectivity index (χ3v) is 10.2. The second-order valence-electron chi connectivity index (χ2n) is 15.2. The van der Waals surface area contributed by atoms with Gasteiger partial charge in [0.05, 0.1) is 13.2 Å². The summed E-state index contributed by atoms with van der Waals surface area (Å²) in [5, 5.41) is 19.7. The molecule has 0 heterocycles. The van der Waals surface area contributed by atoms with Crippen LogP contribution in [-0.4, -0.2) is 47.6 Å². The Morgan fingerprint density at radius 2 is 0.691 bits per heavy atom. The second kappa shape index (κ2) is 32.8. The first-order chi connectivity index (χ1) is 27.0. The summed E-state index contributed by atoms with van der Waals surface area (Å²) >= 11 is 0. The number of carboxylic acids is 2. The zero-order valence-corrected chi connectivity index (χ0v) is 34.6. The van der Waals surface area contributed by atoms with Crippen molar-refractivity contribution in [3.8, 4) is 23.0 Å². The van der Waals surface area contributed by atoms with Crippen LogP contribution in [0.3, 0.4) is 0 Å². The number of hydrogen-bond acceptors (Lipinski definition) is 6. The monoisotopic (exact) mass is 769 g/mol. The Hall–Kier alpha value is -3.42. The highest BCUT2D eigenvalue weighted by Gasteiger charge is 2.22. The van der Waals surface area contributed by atoms with Crippen molar-refractivity contribution in [1.82, 2.24) is 0 Å². The third-order valence-electron chi connectivity index (χ3n) is 10.2. The van der Waals surface area contributed by atoms with E-state index in [4.69, 9.17) is 18.9 Å². The largest absolute Gasteiger partial charge is 0.490 e. The highest BCUT2D eigenvalue weighted by atomic mass is 16.5. The number of unbranched alkanes of at least 4 members (excludes halogenated alkanes) is 22. The number of hydrogen-bond donors (Lipinski definition) is 2. The van der Waals surface area contributed by atoms with Gasteiger partial charge in [0.1, 0.15) is 0 Å². The number of carboxylic acid groups (broad SMARTS) is 2. The van der Waals surface area contributed by atoms with E-state index in [0.29, 0.717) is 55.5 Å². The first-order valence-corrected chi connectivity index (χ1v) is 22.2. The molecular formula is C47H76O8. The van der Waals surface area contributed by atoms with E-state index in [1.807, 2.05) is 24.3 Å². The molecule has 0 bridgehead atoms. The number of ether oxygens (including phenoxy) is 4. The highest BCUT2D eigenvalue weighted by Crippen LogP contribution is 2.30. The van der Waals surface area contributed by atoms with Gasteiger partial charge in [0.15, 0.2) is 35.2 Å². The Morgan fingerprint density at radius 1 is 0.418 bits per heavy atom. The quantitative estimate of drug-likeness (QED) is 0.0650. The molecule has 0 aromatic heterocycles. The van der Waals surface area contributed by atoms with Crippen LogP contribution in [0.15, 0.2) is 48.5 Å². The lowest BCUT2D eigenvalue weighted by Crippen LogP contribution is -2.27. The van der Waals surface area contributed by atoms with Crippen molar-refractivity contribution in [1.29, 1.82) is 0 Å². The Morgan fingerprint density at radius 3 is 0.982 bits per heavy atom. The molecule has 2 aromatic rings. The summed E-state index contributed by atoms with van der Waals surface area (Å²) in [7, 11) is 0. The first kappa shape index (κ1) is 47.7. The topological polar surface area (TPSA) is 112 Å². The predicted octanol–water partition coefficient (Wildman–Crippen LogP) is 13.4. The highest BCUT2D eigenvalue weighted by molar-refractivity contribution is 5.73. The fourth-order valence-corrected chi connectivity index (χ4v) is 6.87. The third kappa shape index (κ3) is 24.0. The summed E-state index contributed by atoms with van der Waals surface area (Å²) in [6.45, 7) is 5.16. The van der Waals surface area contributed by atoms with Crippen molar-refractivity contribution in [2.45, 2.75) is 199 Å². The van der Waals surface area contributed by atoms with Crippen LogP contribution in [0.25, 0.3) is 0 Å². The van der Waals surface area contributed by atoms with E-state index >= 15 is 0 Å². The minimum Gasteiger partial charge on any atom is -0.490 e. The lowest BCUT2D eigenvalue weighted by atomic mass is 10.0. The van der Waals surface area contributed by atoms with Gasteiger partial charge in [-0.1, -0.05) is 179 Å². The van der Waals surface area contributed by atoms with Crippen LogP contribution in [0, 0.1) is 0 Å². The molecule has 8 heteroatoms. The van der Waals surface area contributed by atoms with Gasteiger partial charge < -0.3 is 29.2 Å². The number of rotatable bonds is 38. The maximum atomic E-state index is 12.0. The van der Waals surface area contributed by atoms with E-state index in [2.05, 4.69) is 13.8 Å². The van der Waals surface area contributed by atoms with E-state index in [0.717, 1.165) is 38.5 Å². The lowest BCUT2D eigenvalue weighted by Gasteiger charge is -2.19. The van der Waals surface area contributed by atoms with Crippen LogP contribution in [0.2, 0.25) is 0 Å². The van der Waals surface area contributed by atoms with Gasteiger partial charge >= 0.3 is 11.9 Å². The van der Waals surface area contributed by atoms with Gasteiger partial charge in [-0.25, -0.2) is 9.59 Å². The van der Waals surface area contributed by atoms with E-state index in [1.54, 1.807) is 24.3 Å². The van der Waals surface area contributed by atoms with Crippen LogP contribution in [0.5, 0.6) is 23.0 Å². The average Bonchev–Trinajstić information content (AvgIpc) is 3.18. The summed E-state index contributed by atoms with van der Waals surface area (Å²) in [6.07, 6.45) is 29.0. The molecule has 8 nitrogen and oxygen atoms in total. The van der Waals surface area contributed by atoms with Crippen molar-refractivity contribution >= 4 is 11.9 Å². The zero-order valence-electron chi connectivity index (χ0n) is 34.6. The normalized spacial score (nSPS) is 12.3. The molecule has 2 unspecified atom stereocenters. The van der Waals surface area contributed by atoms with Crippen LogP contribution >= 0.6 is 0 Å². The molecule has 0 spiro atoms. The van der Waals surface area contributed by atoms with Crippen molar-refractivity contribution in [3.63, 3.8) is 0 Å². The van der Waals surface area contributed by atoms with Gasteiger partial charge in [-0.2, -0.15) is 0 Å². The predicted molar refractivity (Wildman–Crippen MR) is 224 cm³/mol. The Labute approximate surface area is 334 Å². The molecule has 0 saturated heterocycles. The van der Waals surface area contributed by atoms with Gasteiger partial charge in [-0.3, -0.25) is 0 Å². The average molecular weight is 769 g/mol. The molecule has 2 atom stereocenters. The van der Waals surface area contributed by atoms with Gasteiger partial charge in [-0.15, -0.1) is 0 Å². The molecule has 0 fully saturated rings. The molecule has 0 aliphatic carbocycles. The van der Waals surface area contributed by atoms with E-state index in [-0.39, 0.29) is 0 Å². The maximum absolute atomic E-state index is 12.0. The molecule has 0 radical (unpaired) electrons. The number of carbonyl (C=O) groups is 2. The number of para-hydroxylation sites is 4. The molecule has 0 aliphatic heterocycles. The lowest BCUT2D eigenvalue weighted by molar-refractivity contribution is -0.146. The molecule has 0 aliphatic rings. The molecule has 2 aromatic carbocycles. The van der Waals surface area contributed by atoms with Crippen LogP contribution < -0.4 is 18.9 Å². The number of benzene rings is 2. The maximum Gasteiger partial charge on any atom is 0.344 e. The van der Waals surface area contributed by atoms with Crippen molar-refractivity contribution in [2.75, 3.05) is 13.2 Å². The van der Waals surface area contributed by atoms with Crippen molar-refractivity contribution in [2.24, 2.45) is 0 Å². The minimum absolute atomic E-state index is 0.330. The van der Waals surface area contributed by atoms with E-state index in [1.165, 1.54) is 116 Å². The second-order valence-corrected chi connectivity index (χ2v) is 15.2. The Bertz CT molecular complexity index is 1140. The minimum atomic E-state index is -0.966. The van der Waals surface area contributed by atoms with Crippen LogP contribution in [0.1, 0.15) is 187 Å². The standard InChI is InChI=1S/C47H76O8/c1-3-5-7-9-11-13-15-17-19-21-23-25-36-44(46(48)49)54-42-34-29-27-32-40(42)52-38-31-39-53-41-33-28-30-35-43(41)55-45(47(50)51)37-26-24-22-20-18-16-14-12-10-8-6-4-2/h27-30,32-35,44-45H,3-26,31,36-39H2,1-2H3,(H,48,49)(H,50,51). The summed E-state index contributed by atoms with van der Waals surface area (Å²) < 4.78 is 23.9. The van der Waals surface area contributed by atoms with E-state index < -0.39 is 24.1 Å². The van der Waals surface area contributed by atoms with Gasteiger partial charge in [0.25, 0.3) is 0 Å². The molecule has 2 N–H and O–H groups in total. The van der Waals surface area contributed by atoms with E-state index in [9.17, 15) is 19.8 Å². The summed E-state index contributed by atoms with van der Waals surface area (Å²) in [4.78, 5) is 24.1. The number of aliphatic carboxylic acids is 2. The summed E-state index contributed by atoms with van der Waals surface area (Å²) in [5.41, 5.74) is 0. The van der Waals surface area contributed by atoms with Gasteiger partial charge in [0, 0.05) is 6.42 Å². The molecular weight excluding hydrogens is 693 g/mol. The first-order valence-electron chi connectivity index (χ1n) is 22.2. The summed E-state index contributed by atoms with van der Waals surface area (Å²) in [5.74, 6) is -0.107. The molecule has 2 rings (SSSR count). The van der Waals surface area contributed by atoms with Crippen molar-refractivity contribution in [3.05, 3.63) is 48.5 Å². The smallest absolute Gasteiger partial charge is 0.344 e. The fourth-order valence-electron chi connectivity index (χ4n) is 6.87. The fraction of sp³-hybridized carbons (Fsp3) is 0.702. The SMILES string of the molecule is CCCCCCCCCCCCCCC(Oc1ccccc1OCCCOc1ccccc1OC(CCCCCCCCCCCCCC)C(=O)O)C(=O)O. The molecule has 55 heavy (non-hydrogen) atoms. The van der Waals surface area contributed by atoms with Gasteiger partial charge in [0.2, 0.25) is 0 Å². The summed E-state index contributed by atoms with van der Waals surface area (Å²) in [6, 6.07) is 14.4. The Balaban J connectivity index is 1.68. The zero-order chi connectivity index (χ0) is 39.6. The van der Waals surface area contributed by atoms with Crippen LogP contribution in [-0.2, 0) is 9.59 Å². The molecule has 312 valence electrons. The molecule has 0 saturated carbocycles.